The number of aryl methyl sites for hydroxylation is 1. The van der Waals surface area contributed by atoms with Crippen LogP contribution in [-0.4, -0.2) is 42.3 Å². The second kappa shape index (κ2) is 8.28. The molecule has 0 amide bonds. The summed E-state index contributed by atoms with van der Waals surface area (Å²) >= 11 is 0. The molecule has 0 unspecified atom stereocenters. The van der Waals surface area contributed by atoms with E-state index in [0.29, 0.717) is 6.04 Å². The van der Waals surface area contributed by atoms with Crippen molar-refractivity contribution in [3.05, 3.63) is 29.8 Å². The normalized spacial score (nSPS) is 17.3. The van der Waals surface area contributed by atoms with Crippen LogP contribution in [0.3, 0.4) is 0 Å². The zero-order valence-corrected chi connectivity index (χ0v) is 12.6. The molecule has 112 valence electrons. The van der Waals surface area contributed by atoms with Crippen molar-refractivity contribution in [3.8, 4) is 0 Å². The number of rotatable bonds is 7. The summed E-state index contributed by atoms with van der Waals surface area (Å²) in [5.74, 6) is 0. The van der Waals surface area contributed by atoms with Crippen LogP contribution in [0, 0.1) is 0 Å². The lowest BCUT2D eigenvalue weighted by atomic mass is 10.0. The van der Waals surface area contributed by atoms with Crippen LogP contribution in [0.15, 0.2) is 24.3 Å². The lowest BCUT2D eigenvalue weighted by Crippen LogP contribution is -2.39. The smallest absolute Gasteiger partial charge is 0.0434 e. The molecule has 1 saturated heterocycles. The third-order valence-electron chi connectivity index (χ3n) is 4.05. The van der Waals surface area contributed by atoms with E-state index < -0.39 is 0 Å². The highest BCUT2D eigenvalue weighted by Gasteiger charge is 2.18. The molecule has 0 aliphatic carbocycles. The second-order valence-corrected chi connectivity index (χ2v) is 5.79. The number of nitrogens with zero attached hydrogens (tertiary/aromatic N) is 1. The van der Waals surface area contributed by atoms with Crippen molar-refractivity contribution in [1.82, 2.24) is 4.90 Å². The maximum atomic E-state index is 8.91. The first-order valence-electron chi connectivity index (χ1n) is 8.00. The third kappa shape index (κ3) is 4.80. The molecule has 1 aromatic carbocycles. The number of anilines is 1. The Morgan fingerprint density at radius 2 is 2.10 bits per heavy atom. The molecule has 1 aliphatic rings. The van der Waals surface area contributed by atoms with Gasteiger partial charge in [0.2, 0.25) is 0 Å². The summed E-state index contributed by atoms with van der Waals surface area (Å²) in [6, 6.07) is 9.25. The second-order valence-electron chi connectivity index (χ2n) is 5.79. The number of likely N-dealkylation sites (tertiary alicyclic amines) is 1. The maximum Gasteiger partial charge on any atom is 0.0434 e. The van der Waals surface area contributed by atoms with Crippen LogP contribution in [0.1, 0.15) is 38.2 Å². The summed E-state index contributed by atoms with van der Waals surface area (Å²) in [5, 5.41) is 12.6. The van der Waals surface area contributed by atoms with Crippen LogP contribution in [-0.2, 0) is 6.42 Å². The predicted octanol–water partition coefficient (Wildman–Crippen LogP) is 2.90. The van der Waals surface area contributed by atoms with Crippen LogP contribution in [0.5, 0.6) is 0 Å². The zero-order valence-electron chi connectivity index (χ0n) is 12.6. The number of hydrogen-bond donors (Lipinski definition) is 2. The lowest BCUT2D eigenvalue weighted by molar-refractivity contribution is 0.219. The molecule has 1 heterocycles. The van der Waals surface area contributed by atoms with Crippen molar-refractivity contribution < 1.29 is 5.11 Å². The summed E-state index contributed by atoms with van der Waals surface area (Å²) < 4.78 is 0. The highest BCUT2D eigenvalue weighted by molar-refractivity contribution is 5.46. The minimum atomic E-state index is 0.271. The monoisotopic (exact) mass is 276 g/mol. The topological polar surface area (TPSA) is 35.5 Å². The molecule has 0 aromatic heterocycles. The average Bonchev–Trinajstić information content (AvgIpc) is 2.48. The molecule has 20 heavy (non-hydrogen) atoms. The van der Waals surface area contributed by atoms with Crippen LogP contribution >= 0.6 is 0 Å². The van der Waals surface area contributed by atoms with Crippen molar-refractivity contribution in [3.63, 3.8) is 0 Å². The molecule has 2 rings (SSSR count). The Morgan fingerprint density at radius 3 is 2.80 bits per heavy atom. The zero-order chi connectivity index (χ0) is 14.2. The molecule has 1 aliphatic heterocycles. The Bertz CT molecular complexity index is 386. The van der Waals surface area contributed by atoms with E-state index in [1.165, 1.54) is 50.1 Å². The van der Waals surface area contributed by atoms with Gasteiger partial charge in [-0.2, -0.15) is 0 Å². The van der Waals surface area contributed by atoms with Crippen molar-refractivity contribution >= 4 is 5.69 Å². The first kappa shape index (κ1) is 15.3. The largest absolute Gasteiger partial charge is 0.396 e. The summed E-state index contributed by atoms with van der Waals surface area (Å²) in [6.07, 6.45) is 5.53. The molecule has 0 spiro atoms. The Balaban J connectivity index is 1.81. The number of aliphatic hydroxyl groups is 1. The molecule has 0 bridgehead atoms. The summed E-state index contributed by atoms with van der Waals surface area (Å²) in [7, 11) is 0. The third-order valence-corrected chi connectivity index (χ3v) is 4.05. The van der Waals surface area contributed by atoms with Crippen molar-refractivity contribution in [2.45, 2.75) is 45.1 Å². The highest BCUT2D eigenvalue weighted by Crippen LogP contribution is 2.18. The minimum absolute atomic E-state index is 0.271. The molecule has 1 fully saturated rings. The molecule has 3 nitrogen and oxygen atoms in total. The lowest BCUT2D eigenvalue weighted by Gasteiger charge is -2.32. The molecule has 0 saturated carbocycles. The van der Waals surface area contributed by atoms with E-state index in [0.717, 1.165) is 12.8 Å². The van der Waals surface area contributed by atoms with Crippen molar-refractivity contribution in [2.24, 2.45) is 0 Å². The van der Waals surface area contributed by atoms with Gasteiger partial charge in [0.15, 0.2) is 0 Å². The molecular formula is C17H28N2O. The minimum Gasteiger partial charge on any atom is -0.396 e. The fraction of sp³-hybridized carbons (Fsp3) is 0.647. The predicted molar refractivity (Wildman–Crippen MR) is 85.2 cm³/mol. The number of hydrogen-bond acceptors (Lipinski definition) is 3. The molecule has 3 heteroatoms. The van der Waals surface area contributed by atoms with Crippen LogP contribution < -0.4 is 5.32 Å². The van der Waals surface area contributed by atoms with E-state index >= 15 is 0 Å². The Kier molecular flexibility index (Phi) is 6.34. The highest BCUT2D eigenvalue weighted by atomic mass is 16.2. The van der Waals surface area contributed by atoms with Gasteiger partial charge in [0.25, 0.3) is 0 Å². The van der Waals surface area contributed by atoms with Crippen LogP contribution in [0.4, 0.5) is 5.69 Å². The van der Waals surface area contributed by atoms with E-state index in [4.69, 9.17) is 5.11 Å². The van der Waals surface area contributed by atoms with Gasteiger partial charge in [0.1, 0.15) is 0 Å². The van der Waals surface area contributed by atoms with E-state index in [1.54, 1.807) is 0 Å². The van der Waals surface area contributed by atoms with Crippen molar-refractivity contribution in [1.29, 1.82) is 0 Å². The molecule has 0 atom stereocenters. The standard InChI is InChI=1S/C17H28N2O/c1-2-10-19-11-8-16(9-12-19)18-17-7-3-5-15(14-17)6-4-13-20/h3,5,7,14,16,18,20H,2,4,6,8-13H2,1H3. The number of nitrogens with one attached hydrogen (secondary N) is 1. The number of aliphatic hydroxyl groups excluding tert-OH is 1. The number of piperidine rings is 1. The van der Waals surface area contributed by atoms with E-state index in [9.17, 15) is 0 Å². The van der Waals surface area contributed by atoms with Gasteiger partial charge in [-0.3, -0.25) is 0 Å². The summed E-state index contributed by atoms with van der Waals surface area (Å²) in [5.41, 5.74) is 2.54. The Hall–Kier alpha value is -1.06. The quantitative estimate of drug-likeness (QED) is 0.804. The molecule has 0 radical (unpaired) electrons. The Labute approximate surface area is 123 Å². The fourth-order valence-corrected chi connectivity index (χ4v) is 2.95. The van der Waals surface area contributed by atoms with E-state index in [1.807, 2.05) is 0 Å². The Morgan fingerprint density at radius 1 is 1.30 bits per heavy atom. The van der Waals surface area contributed by atoms with Crippen LogP contribution in [0.25, 0.3) is 0 Å². The van der Waals surface area contributed by atoms with E-state index in [2.05, 4.69) is 41.4 Å². The fourth-order valence-electron chi connectivity index (χ4n) is 2.95. The van der Waals surface area contributed by atoms with Gasteiger partial charge in [-0.1, -0.05) is 19.1 Å². The van der Waals surface area contributed by atoms with Gasteiger partial charge < -0.3 is 15.3 Å². The van der Waals surface area contributed by atoms with Gasteiger partial charge in [0.05, 0.1) is 0 Å². The average molecular weight is 276 g/mol. The van der Waals surface area contributed by atoms with Gasteiger partial charge in [-0.05, 0) is 56.3 Å². The summed E-state index contributed by atoms with van der Waals surface area (Å²) in [6.45, 7) is 6.20. The van der Waals surface area contributed by atoms with Crippen molar-refractivity contribution in [2.75, 3.05) is 31.6 Å². The van der Waals surface area contributed by atoms with Crippen LogP contribution in [0.2, 0.25) is 0 Å². The van der Waals surface area contributed by atoms with Gasteiger partial charge in [-0.15, -0.1) is 0 Å². The maximum absolute atomic E-state index is 8.91. The van der Waals surface area contributed by atoms with Gasteiger partial charge in [-0.25, -0.2) is 0 Å². The first-order valence-corrected chi connectivity index (χ1v) is 8.00. The molecule has 2 N–H and O–H groups in total. The molecular weight excluding hydrogens is 248 g/mol. The molecule has 1 aromatic rings. The first-order chi connectivity index (χ1) is 9.81. The SMILES string of the molecule is CCCN1CCC(Nc2cccc(CCCO)c2)CC1. The van der Waals surface area contributed by atoms with E-state index in [-0.39, 0.29) is 6.61 Å². The van der Waals surface area contributed by atoms with Gasteiger partial charge >= 0.3 is 0 Å². The summed E-state index contributed by atoms with van der Waals surface area (Å²) in [4.78, 5) is 2.57. The number of benzene rings is 1. The van der Waals surface area contributed by atoms with Gasteiger partial charge in [0, 0.05) is 31.4 Å².